The van der Waals surface area contributed by atoms with Crippen molar-refractivity contribution in [2.24, 2.45) is 0 Å². The summed E-state index contributed by atoms with van der Waals surface area (Å²) in [7, 11) is 0. The molecule has 1 N–H and O–H groups in total. The Morgan fingerprint density at radius 1 is 1.33 bits per heavy atom. The first-order valence-corrected chi connectivity index (χ1v) is 8.91. The van der Waals surface area contributed by atoms with Crippen LogP contribution in [-0.4, -0.2) is 45.5 Å². The van der Waals surface area contributed by atoms with Crippen molar-refractivity contribution in [3.8, 4) is 0 Å². The molecule has 1 atom stereocenters. The molecule has 4 rings (SSSR count). The highest BCUT2D eigenvalue weighted by Crippen LogP contribution is 2.20. The molecule has 6 nitrogen and oxygen atoms in total. The largest absolute Gasteiger partial charge is 0.376 e. The normalized spacial score (nSPS) is 17.4. The Kier molecular flexibility index (Phi) is 4.27. The van der Waals surface area contributed by atoms with Crippen LogP contribution < -0.4 is 0 Å². The molecule has 0 aliphatic carbocycles. The van der Waals surface area contributed by atoms with Gasteiger partial charge in [-0.05, 0) is 42.5 Å². The smallest absolute Gasteiger partial charge is 0.254 e. The molecule has 24 heavy (non-hydrogen) atoms. The number of benzene rings is 1. The Hall–Kier alpha value is -2.25. The van der Waals surface area contributed by atoms with E-state index in [-0.39, 0.29) is 12.0 Å². The zero-order chi connectivity index (χ0) is 16.4. The van der Waals surface area contributed by atoms with Crippen LogP contribution in [-0.2, 0) is 11.3 Å². The number of rotatable bonds is 5. The molecule has 1 aliphatic heterocycles. The zero-order valence-electron chi connectivity index (χ0n) is 13.1. The lowest BCUT2D eigenvalue weighted by atomic mass is 10.1. The number of carbonyl (C=O) groups is 1. The summed E-state index contributed by atoms with van der Waals surface area (Å²) in [5, 5.41) is 12.7. The van der Waals surface area contributed by atoms with Crippen molar-refractivity contribution in [2.45, 2.75) is 25.5 Å². The van der Waals surface area contributed by atoms with Gasteiger partial charge in [0, 0.05) is 23.6 Å². The Morgan fingerprint density at radius 2 is 2.25 bits per heavy atom. The molecule has 1 fully saturated rings. The minimum Gasteiger partial charge on any atom is -0.376 e. The van der Waals surface area contributed by atoms with Crippen molar-refractivity contribution < 1.29 is 9.53 Å². The van der Waals surface area contributed by atoms with E-state index in [4.69, 9.17) is 4.74 Å². The molecule has 1 aliphatic rings. The van der Waals surface area contributed by atoms with Crippen LogP contribution in [0, 0.1) is 0 Å². The third-order valence-corrected chi connectivity index (χ3v) is 5.09. The van der Waals surface area contributed by atoms with Gasteiger partial charge in [0.15, 0.2) is 0 Å². The number of aromatic nitrogens is 3. The van der Waals surface area contributed by atoms with Gasteiger partial charge in [-0.25, -0.2) is 0 Å². The maximum absolute atomic E-state index is 13.0. The van der Waals surface area contributed by atoms with Crippen LogP contribution in [0.2, 0.25) is 0 Å². The average Bonchev–Trinajstić information content (AvgIpc) is 3.35. The predicted octanol–water partition coefficient (Wildman–Crippen LogP) is 2.84. The van der Waals surface area contributed by atoms with Crippen LogP contribution in [0.3, 0.4) is 0 Å². The lowest BCUT2D eigenvalue weighted by molar-refractivity contribution is 0.0510. The van der Waals surface area contributed by atoms with E-state index in [0.29, 0.717) is 24.2 Å². The van der Waals surface area contributed by atoms with Crippen molar-refractivity contribution in [3.05, 3.63) is 46.2 Å². The number of hydrogen-bond donors (Lipinski definition) is 1. The summed E-state index contributed by atoms with van der Waals surface area (Å²) >= 11 is 1.66. The van der Waals surface area contributed by atoms with E-state index in [1.54, 1.807) is 17.4 Å². The lowest BCUT2D eigenvalue weighted by Crippen LogP contribution is -2.36. The van der Waals surface area contributed by atoms with Gasteiger partial charge in [0.2, 0.25) is 0 Å². The zero-order valence-corrected chi connectivity index (χ0v) is 14.0. The van der Waals surface area contributed by atoms with Crippen molar-refractivity contribution in [3.63, 3.8) is 0 Å². The van der Waals surface area contributed by atoms with Crippen molar-refractivity contribution in [2.75, 3.05) is 13.2 Å². The standard InChI is InChI=1S/C17H18N4O2S/c22-17(12-5-6-15-16(9-12)19-20-18-15)21(10-13-3-1-7-23-13)11-14-4-2-8-24-14/h2,4-6,8-9,13H,1,3,7,10-11H2,(H,18,19,20)/t13-/m1/s1. The monoisotopic (exact) mass is 342 g/mol. The summed E-state index contributed by atoms with van der Waals surface area (Å²) < 4.78 is 5.73. The van der Waals surface area contributed by atoms with E-state index in [0.717, 1.165) is 25.0 Å². The Labute approximate surface area is 143 Å². The number of H-pyrrole nitrogens is 1. The highest BCUT2D eigenvalue weighted by atomic mass is 32.1. The number of carbonyl (C=O) groups excluding carboxylic acids is 1. The lowest BCUT2D eigenvalue weighted by Gasteiger charge is -2.25. The second-order valence-corrected chi connectivity index (χ2v) is 6.96. The molecule has 124 valence electrons. The highest BCUT2D eigenvalue weighted by Gasteiger charge is 2.24. The van der Waals surface area contributed by atoms with E-state index in [9.17, 15) is 4.79 Å². The third kappa shape index (κ3) is 3.18. The number of amides is 1. The molecule has 7 heteroatoms. The minimum absolute atomic E-state index is 0.00352. The summed E-state index contributed by atoms with van der Waals surface area (Å²) in [6, 6.07) is 9.49. The van der Waals surface area contributed by atoms with Gasteiger partial charge in [-0.2, -0.15) is 15.4 Å². The fourth-order valence-electron chi connectivity index (χ4n) is 3.00. The molecule has 0 saturated carbocycles. The SMILES string of the molecule is O=C(c1ccc2n[nH]nc2c1)N(Cc1cccs1)C[C@H]1CCCO1. The van der Waals surface area contributed by atoms with Gasteiger partial charge < -0.3 is 9.64 Å². The quantitative estimate of drug-likeness (QED) is 0.774. The van der Waals surface area contributed by atoms with Crippen molar-refractivity contribution in [1.29, 1.82) is 0 Å². The number of ether oxygens (including phenoxy) is 1. The minimum atomic E-state index is 0.00352. The molecule has 1 amide bonds. The maximum Gasteiger partial charge on any atom is 0.254 e. The molecule has 3 aromatic rings. The Bertz CT molecular complexity index is 824. The molecular weight excluding hydrogens is 324 g/mol. The van der Waals surface area contributed by atoms with Crippen molar-refractivity contribution in [1.82, 2.24) is 20.3 Å². The Morgan fingerprint density at radius 3 is 3.04 bits per heavy atom. The van der Waals surface area contributed by atoms with E-state index < -0.39 is 0 Å². The van der Waals surface area contributed by atoms with Gasteiger partial charge in [-0.1, -0.05) is 6.07 Å². The van der Waals surface area contributed by atoms with Crippen LogP contribution in [0.15, 0.2) is 35.7 Å². The summed E-state index contributed by atoms with van der Waals surface area (Å²) in [6.45, 7) is 2.01. The molecule has 0 unspecified atom stereocenters. The van der Waals surface area contributed by atoms with Crippen LogP contribution >= 0.6 is 11.3 Å². The van der Waals surface area contributed by atoms with E-state index in [2.05, 4.69) is 21.5 Å². The Balaban J connectivity index is 1.58. The predicted molar refractivity (Wildman–Crippen MR) is 91.9 cm³/mol. The van der Waals surface area contributed by atoms with Gasteiger partial charge >= 0.3 is 0 Å². The number of hydrogen-bond acceptors (Lipinski definition) is 5. The first kappa shape index (κ1) is 15.3. The molecule has 0 radical (unpaired) electrons. The summed E-state index contributed by atoms with van der Waals surface area (Å²) in [6.07, 6.45) is 2.21. The van der Waals surface area contributed by atoms with E-state index in [1.807, 2.05) is 28.5 Å². The highest BCUT2D eigenvalue weighted by molar-refractivity contribution is 7.09. The van der Waals surface area contributed by atoms with Crippen LogP contribution in [0.25, 0.3) is 11.0 Å². The first-order valence-electron chi connectivity index (χ1n) is 8.03. The van der Waals surface area contributed by atoms with Crippen LogP contribution in [0.5, 0.6) is 0 Å². The van der Waals surface area contributed by atoms with E-state index >= 15 is 0 Å². The molecule has 1 aromatic carbocycles. The number of thiophene rings is 1. The van der Waals surface area contributed by atoms with E-state index in [1.165, 1.54) is 4.88 Å². The fourth-order valence-corrected chi connectivity index (χ4v) is 3.72. The number of nitrogens with one attached hydrogen (secondary N) is 1. The van der Waals surface area contributed by atoms with Crippen molar-refractivity contribution >= 4 is 28.3 Å². The van der Waals surface area contributed by atoms with Gasteiger partial charge in [0.25, 0.3) is 5.91 Å². The maximum atomic E-state index is 13.0. The third-order valence-electron chi connectivity index (χ3n) is 4.23. The average molecular weight is 342 g/mol. The summed E-state index contributed by atoms with van der Waals surface area (Å²) in [4.78, 5) is 16.1. The van der Waals surface area contributed by atoms with Gasteiger partial charge in [0.05, 0.1) is 12.6 Å². The molecule has 0 spiro atoms. The molecule has 3 heterocycles. The first-order chi connectivity index (χ1) is 11.8. The second-order valence-electron chi connectivity index (χ2n) is 5.93. The summed E-state index contributed by atoms with van der Waals surface area (Å²) in [5.41, 5.74) is 2.09. The number of fused-ring (bicyclic) bond motifs is 1. The number of nitrogens with zero attached hydrogens (tertiary/aromatic N) is 3. The topological polar surface area (TPSA) is 71.1 Å². The van der Waals surface area contributed by atoms with Crippen LogP contribution in [0.1, 0.15) is 28.1 Å². The second kappa shape index (κ2) is 6.70. The molecular formula is C17H18N4O2S. The number of aromatic amines is 1. The molecule has 0 bridgehead atoms. The van der Waals surface area contributed by atoms with Gasteiger partial charge in [-0.3, -0.25) is 4.79 Å². The van der Waals surface area contributed by atoms with Gasteiger partial charge in [0.1, 0.15) is 11.0 Å². The van der Waals surface area contributed by atoms with Gasteiger partial charge in [-0.15, -0.1) is 11.3 Å². The fraction of sp³-hybridized carbons (Fsp3) is 0.353. The summed E-state index contributed by atoms with van der Waals surface area (Å²) in [5.74, 6) is 0.00352. The molecule has 1 saturated heterocycles. The van der Waals surface area contributed by atoms with Crippen LogP contribution in [0.4, 0.5) is 0 Å². The molecule has 2 aromatic heterocycles.